The summed E-state index contributed by atoms with van der Waals surface area (Å²) in [5.74, 6) is -0.609. The van der Waals surface area contributed by atoms with Gasteiger partial charge >= 0.3 is 0 Å². The Labute approximate surface area is 200 Å². The van der Waals surface area contributed by atoms with Gasteiger partial charge in [0.15, 0.2) is 0 Å². The Morgan fingerprint density at radius 3 is 2.35 bits per heavy atom. The molecule has 2 heterocycles. The van der Waals surface area contributed by atoms with Crippen LogP contribution >= 0.6 is 0 Å². The van der Waals surface area contributed by atoms with E-state index in [4.69, 9.17) is 0 Å². The monoisotopic (exact) mass is 487 g/mol. The highest BCUT2D eigenvalue weighted by Gasteiger charge is 2.35. The second kappa shape index (κ2) is 10.2. The molecular formula is C25H30FN3O4S. The first-order valence-corrected chi connectivity index (χ1v) is 13.1. The van der Waals surface area contributed by atoms with Crippen LogP contribution in [-0.4, -0.2) is 50.7 Å². The minimum absolute atomic E-state index is 0.106. The molecule has 182 valence electrons. The van der Waals surface area contributed by atoms with Gasteiger partial charge in [0, 0.05) is 38.3 Å². The number of carbonyl (C=O) groups excluding carboxylic acids is 2. The molecule has 2 amide bonds. The molecule has 2 fully saturated rings. The summed E-state index contributed by atoms with van der Waals surface area (Å²) >= 11 is 0. The summed E-state index contributed by atoms with van der Waals surface area (Å²) < 4.78 is 40.4. The van der Waals surface area contributed by atoms with Crippen LogP contribution in [0.5, 0.6) is 0 Å². The lowest BCUT2D eigenvalue weighted by molar-refractivity contribution is -0.126. The van der Waals surface area contributed by atoms with Crippen molar-refractivity contribution in [1.29, 1.82) is 0 Å². The molecule has 0 radical (unpaired) electrons. The first kappa shape index (κ1) is 24.3. The number of rotatable bonds is 7. The fraction of sp³-hybridized carbons (Fsp3) is 0.440. The number of sulfonamides is 1. The van der Waals surface area contributed by atoms with Crippen molar-refractivity contribution in [3.63, 3.8) is 0 Å². The minimum atomic E-state index is -3.55. The highest BCUT2D eigenvalue weighted by Crippen LogP contribution is 2.28. The number of hydrogen-bond donors (Lipinski definition) is 1. The van der Waals surface area contributed by atoms with Gasteiger partial charge in [-0.05, 0) is 67.1 Å². The third kappa shape index (κ3) is 5.47. The molecule has 0 aliphatic carbocycles. The van der Waals surface area contributed by atoms with Gasteiger partial charge in [-0.3, -0.25) is 9.59 Å². The largest absolute Gasteiger partial charge is 0.355 e. The molecule has 2 aliphatic rings. The van der Waals surface area contributed by atoms with E-state index in [-0.39, 0.29) is 35.5 Å². The molecule has 0 spiro atoms. The van der Waals surface area contributed by atoms with E-state index in [0.717, 1.165) is 18.4 Å². The maximum absolute atomic E-state index is 13.0. The van der Waals surface area contributed by atoms with E-state index in [9.17, 15) is 22.4 Å². The highest BCUT2D eigenvalue weighted by atomic mass is 32.2. The van der Waals surface area contributed by atoms with Crippen LogP contribution in [0.25, 0.3) is 0 Å². The third-order valence-corrected chi connectivity index (χ3v) is 8.56. The number of nitrogens with one attached hydrogen (secondary N) is 1. The van der Waals surface area contributed by atoms with Crippen LogP contribution in [-0.2, 0) is 26.0 Å². The zero-order valence-corrected chi connectivity index (χ0v) is 20.1. The van der Waals surface area contributed by atoms with Crippen molar-refractivity contribution in [2.24, 2.45) is 11.8 Å². The molecule has 0 bridgehead atoms. The molecule has 7 nitrogen and oxygen atoms in total. The van der Waals surface area contributed by atoms with Crippen LogP contribution in [0.1, 0.15) is 31.7 Å². The quantitative estimate of drug-likeness (QED) is 0.651. The molecule has 9 heteroatoms. The zero-order chi connectivity index (χ0) is 24.3. The van der Waals surface area contributed by atoms with Gasteiger partial charge in [0.05, 0.1) is 10.8 Å². The minimum Gasteiger partial charge on any atom is -0.355 e. The standard InChI is InChI=1S/C25H30FN3O4S/c1-18-11-14-28(15-12-18)34(32,33)23-8-6-22(7-9-23)29-17-20(16-24(29)30)25(31)27-13-10-19-2-4-21(26)5-3-19/h2-9,18,20H,10-17H2,1H3,(H,27,31)/t20-/m0/s1. The molecule has 1 atom stereocenters. The van der Waals surface area contributed by atoms with Gasteiger partial charge in [-0.25, -0.2) is 12.8 Å². The molecule has 2 saturated heterocycles. The van der Waals surface area contributed by atoms with Gasteiger partial charge in [0.25, 0.3) is 0 Å². The fourth-order valence-electron chi connectivity index (χ4n) is 4.43. The number of halogens is 1. The van der Waals surface area contributed by atoms with Gasteiger partial charge in [-0.15, -0.1) is 0 Å². The Morgan fingerprint density at radius 1 is 1.06 bits per heavy atom. The van der Waals surface area contributed by atoms with Crippen molar-refractivity contribution < 1.29 is 22.4 Å². The van der Waals surface area contributed by atoms with Gasteiger partial charge in [0.2, 0.25) is 21.8 Å². The number of anilines is 1. The number of amides is 2. The zero-order valence-electron chi connectivity index (χ0n) is 19.2. The Balaban J connectivity index is 1.33. The van der Waals surface area contributed by atoms with Crippen molar-refractivity contribution in [2.75, 3.05) is 31.1 Å². The van der Waals surface area contributed by atoms with E-state index in [1.807, 2.05) is 0 Å². The second-order valence-corrected chi connectivity index (χ2v) is 11.1. The highest BCUT2D eigenvalue weighted by molar-refractivity contribution is 7.89. The number of benzene rings is 2. The van der Waals surface area contributed by atoms with E-state index in [2.05, 4.69) is 12.2 Å². The fourth-order valence-corrected chi connectivity index (χ4v) is 5.90. The van der Waals surface area contributed by atoms with E-state index >= 15 is 0 Å². The number of nitrogens with zero attached hydrogens (tertiary/aromatic N) is 2. The Kier molecular flexibility index (Phi) is 7.33. The van der Waals surface area contributed by atoms with Crippen molar-refractivity contribution in [3.8, 4) is 0 Å². The Hall–Kier alpha value is -2.78. The molecule has 2 aliphatic heterocycles. The van der Waals surface area contributed by atoms with E-state index < -0.39 is 15.9 Å². The topological polar surface area (TPSA) is 86.8 Å². The van der Waals surface area contributed by atoms with Gasteiger partial charge in [0.1, 0.15) is 5.82 Å². The lowest BCUT2D eigenvalue weighted by Gasteiger charge is -2.29. The van der Waals surface area contributed by atoms with Crippen LogP contribution in [0.2, 0.25) is 0 Å². The summed E-state index contributed by atoms with van der Waals surface area (Å²) in [5, 5.41) is 2.85. The predicted octanol–water partition coefficient (Wildman–Crippen LogP) is 2.96. The summed E-state index contributed by atoms with van der Waals surface area (Å²) in [6.45, 7) is 3.82. The summed E-state index contributed by atoms with van der Waals surface area (Å²) in [6, 6.07) is 12.5. The second-order valence-electron chi connectivity index (χ2n) is 9.15. The van der Waals surface area contributed by atoms with Crippen molar-refractivity contribution in [1.82, 2.24) is 9.62 Å². The van der Waals surface area contributed by atoms with Crippen LogP contribution in [0, 0.1) is 17.7 Å². The van der Waals surface area contributed by atoms with Crippen molar-refractivity contribution in [2.45, 2.75) is 37.5 Å². The smallest absolute Gasteiger partial charge is 0.243 e. The normalized spacial score (nSPS) is 20.0. The molecule has 0 unspecified atom stereocenters. The molecular weight excluding hydrogens is 457 g/mol. The van der Waals surface area contributed by atoms with Crippen molar-refractivity contribution in [3.05, 3.63) is 59.9 Å². The van der Waals surface area contributed by atoms with Crippen molar-refractivity contribution >= 4 is 27.5 Å². The molecule has 4 rings (SSSR count). The first-order chi connectivity index (χ1) is 16.2. The average molecular weight is 488 g/mol. The Bertz CT molecular complexity index is 1130. The molecule has 34 heavy (non-hydrogen) atoms. The summed E-state index contributed by atoms with van der Waals surface area (Å²) in [7, 11) is -3.55. The van der Waals surface area contributed by atoms with E-state index in [1.165, 1.54) is 33.5 Å². The van der Waals surface area contributed by atoms with E-state index in [1.54, 1.807) is 24.3 Å². The summed E-state index contributed by atoms with van der Waals surface area (Å²) in [5.41, 5.74) is 1.50. The van der Waals surface area contributed by atoms with Gasteiger partial charge in [-0.2, -0.15) is 4.31 Å². The molecule has 2 aromatic carbocycles. The SMILES string of the molecule is CC1CCN(S(=O)(=O)c2ccc(N3C[C@@H](C(=O)NCCc4ccc(F)cc4)CC3=O)cc2)CC1. The lowest BCUT2D eigenvalue weighted by Crippen LogP contribution is -2.37. The van der Waals surface area contributed by atoms with Crippen LogP contribution < -0.4 is 10.2 Å². The number of carbonyl (C=O) groups is 2. The molecule has 1 N–H and O–H groups in total. The Morgan fingerprint density at radius 2 is 1.71 bits per heavy atom. The third-order valence-electron chi connectivity index (χ3n) is 6.65. The average Bonchev–Trinajstić information content (AvgIpc) is 3.22. The summed E-state index contributed by atoms with van der Waals surface area (Å²) in [4.78, 5) is 26.9. The number of hydrogen-bond acceptors (Lipinski definition) is 4. The number of piperidine rings is 1. The molecule has 0 saturated carbocycles. The maximum atomic E-state index is 13.0. The maximum Gasteiger partial charge on any atom is 0.243 e. The van der Waals surface area contributed by atoms with Crippen LogP contribution in [0.15, 0.2) is 53.4 Å². The first-order valence-electron chi connectivity index (χ1n) is 11.7. The lowest BCUT2D eigenvalue weighted by atomic mass is 10.0. The molecule has 0 aromatic heterocycles. The van der Waals surface area contributed by atoms with Crippen LogP contribution in [0.3, 0.4) is 0 Å². The predicted molar refractivity (Wildman–Crippen MR) is 127 cm³/mol. The molecule has 2 aromatic rings. The summed E-state index contributed by atoms with van der Waals surface area (Å²) in [6.07, 6.45) is 2.39. The van der Waals surface area contributed by atoms with Gasteiger partial charge < -0.3 is 10.2 Å². The van der Waals surface area contributed by atoms with Gasteiger partial charge in [-0.1, -0.05) is 19.1 Å². The van der Waals surface area contributed by atoms with E-state index in [0.29, 0.717) is 37.7 Å². The van der Waals surface area contributed by atoms with Crippen LogP contribution in [0.4, 0.5) is 10.1 Å².